The van der Waals surface area contributed by atoms with Crippen LogP contribution in [0.4, 0.5) is 0 Å². The molecule has 1 unspecified atom stereocenters. The Morgan fingerprint density at radius 3 is 2.36 bits per heavy atom. The van der Waals surface area contributed by atoms with Crippen molar-refractivity contribution in [2.24, 2.45) is 0 Å². The van der Waals surface area contributed by atoms with Crippen LogP contribution in [0.5, 0.6) is 5.75 Å². The Morgan fingerprint density at radius 1 is 0.920 bits per heavy atom. The van der Waals surface area contributed by atoms with Gasteiger partial charge in [0, 0.05) is 19.1 Å². The van der Waals surface area contributed by atoms with E-state index >= 15 is 0 Å². The van der Waals surface area contributed by atoms with Gasteiger partial charge in [0.25, 0.3) is 0 Å². The number of nitrogens with one attached hydrogen (secondary N) is 1. The number of fused-ring (bicyclic) bond motifs is 1. The minimum atomic E-state index is 0.308. The van der Waals surface area contributed by atoms with E-state index in [-0.39, 0.29) is 0 Å². The predicted molar refractivity (Wildman–Crippen MR) is 105 cm³/mol. The van der Waals surface area contributed by atoms with Crippen LogP contribution in [0, 0.1) is 0 Å². The third-order valence-corrected chi connectivity index (χ3v) is 4.41. The van der Waals surface area contributed by atoms with Crippen LogP contribution in [0.2, 0.25) is 0 Å². The van der Waals surface area contributed by atoms with E-state index in [2.05, 4.69) is 85.0 Å². The van der Waals surface area contributed by atoms with Crippen molar-refractivity contribution in [1.82, 2.24) is 10.2 Å². The average molecular weight is 334 g/mol. The van der Waals surface area contributed by atoms with E-state index in [1.807, 2.05) is 6.07 Å². The topological polar surface area (TPSA) is 24.5 Å². The minimum Gasteiger partial charge on any atom is -0.497 e. The quantitative estimate of drug-likeness (QED) is 0.699. The first-order chi connectivity index (χ1) is 12.2. The second kappa shape index (κ2) is 8.15. The van der Waals surface area contributed by atoms with Crippen LogP contribution in [-0.4, -0.2) is 32.6 Å². The molecule has 130 valence electrons. The van der Waals surface area contributed by atoms with E-state index in [1.54, 1.807) is 7.11 Å². The van der Waals surface area contributed by atoms with Crippen LogP contribution in [0.15, 0.2) is 66.7 Å². The number of nitrogens with zero attached hydrogens (tertiary/aromatic N) is 1. The van der Waals surface area contributed by atoms with Crippen LogP contribution in [-0.2, 0) is 6.54 Å². The van der Waals surface area contributed by atoms with Gasteiger partial charge in [-0.3, -0.25) is 0 Å². The molecule has 3 rings (SSSR count). The summed E-state index contributed by atoms with van der Waals surface area (Å²) in [6, 6.07) is 23.8. The molecule has 0 heterocycles. The van der Waals surface area contributed by atoms with Crippen LogP contribution in [0.3, 0.4) is 0 Å². The van der Waals surface area contributed by atoms with Gasteiger partial charge < -0.3 is 15.0 Å². The summed E-state index contributed by atoms with van der Waals surface area (Å²) in [4.78, 5) is 2.22. The highest BCUT2D eigenvalue weighted by molar-refractivity contribution is 5.84. The summed E-state index contributed by atoms with van der Waals surface area (Å²) in [6.45, 7) is 1.81. The second-order valence-electron chi connectivity index (χ2n) is 6.65. The molecule has 0 saturated carbocycles. The van der Waals surface area contributed by atoms with Gasteiger partial charge >= 0.3 is 0 Å². The number of likely N-dealkylation sites (N-methyl/N-ethyl adjacent to an activating group) is 1. The van der Waals surface area contributed by atoms with Gasteiger partial charge in [-0.1, -0.05) is 48.5 Å². The summed E-state index contributed by atoms with van der Waals surface area (Å²) in [5.74, 6) is 0.897. The molecule has 3 aromatic carbocycles. The minimum absolute atomic E-state index is 0.308. The highest BCUT2D eigenvalue weighted by atomic mass is 16.5. The van der Waals surface area contributed by atoms with Crippen molar-refractivity contribution >= 4 is 10.8 Å². The number of ether oxygens (including phenoxy) is 1. The van der Waals surface area contributed by atoms with Gasteiger partial charge in [0.05, 0.1) is 7.11 Å². The summed E-state index contributed by atoms with van der Waals surface area (Å²) in [7, 11) is 5.93. The van der Waals surface area contributed by atoms with Crippen molar-refractivity contribution in [3.63, 3.8) is 0 Å². The molecular formula is C22H26N2O. The fourth-order valence-corrected chi connectivity index (χ4v) is 3.09. The summed E-state index contributed by atoms with van der Waals surface area (Å²) in [6.07, 6.45) is 0. The number of methoxy groups -OCH3 is 1. The summed E-state index contributed by atoms with van der Waals surface area (Å²) < 4.78 is 5.30. The summed E-state index contributed by atoms with van der Waals surface area (Å²) >= 11 is 0. The predicted octanol–water partition coefficient (Wildman–Crippen LogP) is 4.24. The maximum Gasteiger partial charge on any atom is 0.119 e. The zero-order valence-electron chi connectivity index (χ0n) is 15.2. The molecule has 0 bridgehead atoms. The van der Waals surface area contributed by atoms with Crippen molar-refractivity contribution < 1.29 is 4.74 Å². The van der Waals surface area contributed by atoms with Crippen molar-refractivity contribution in [2.45, 2.75) is 12.6 Å². The molecule has 0 aliphatic heterocycles. The average Bonchev–Trinajstić information content (AvgIpc) is 2.65. The number of hydrogen-bond donors (Lipinski definition) is 1. The van der Waals surface area contributed by atoms with E-state index in [0.717, 1.165) is 18.8 Å². The number of rotatable bonds is 7. The molecule has 0 aliphatic rings. The van der Waals surface area contributed by atoms with E-state index in [4.69, 9.17) is 4.74 Å². The first-order valence-electron chi connectivity index (χ1n) is 8.65. The Balaban J connectivity index is 1.75. The van der Waals surface area contributed by atoms with Crippen molar-refractivity contribution in [3.8, 4) is 5.75 Å². The molecule has 25 heavy (non-hydrogen) atoms. The highest BCUT2D eigenvalue weighted by Crippen LogP contribution is 2.22. The van der Waals surface area contributed by atoms with E-state index in [0.29, 0.717) is 6.04 Å². The van der Waals surface area contributed by atoms with Crippen LogP contribution in [0.25, 0.3) is 10.8 Å². The second-order valence-corrected chi connectivity index (χ2v) is 6.65. The van der Waals surface area contributed by atoms with Gasteiger partial charge in [-0.25, -0.2) is 0 Å². The van der Waals surface area contributed by atoms with Crippen molar-refractivity contribution in [1.29, 1.82) is 0 Å². The smallest absolute Gasteiger partial charge is 0.119 e. The SMILES string of the molecule is COc1ccc2cc(CNC(CN(C)C)c3ccccc3)ccc2c1. The fourth-order valence-electron chi connectivity index (χ4n) is 3.09. The first kappa shape index (κ1) is 17.5. The Labute approximate surface area is 150 Å². The molecule has 0 fully saturated rings. The molecule has 3 aromatic rings. The molecule has 0 radical (unpaired) electrons. The van der Waals surface area contributed by atoms with E-state index < -0.39 is 0 Å². The lowest BCUT2D eigenvalue weighted by Crippen LogP contribution is -2.30. The van der Waals surface area contributed by atoms with Crippen molar-refractivity contribution in [3.05, 3.63) is 77.9 Å². The van der Waals surface area contributed by atoms with Gasteiger partial charge in [0.2, 0.25) is 0 Å². The Kier molecular flexibility index (Phi) is 5.69. The van der Waals surface area contributed by atoms with Crippen molar-refractivity contribution in [2.75, 3.05) is 27.7 Å². The standard InChI is InChI=1S/C22H26N2O/c1-24(2)16-22(18-7-5-4-6-8-18)23-15-17-9-10-20-14-21(25-3)12-11-19(20)13-17/h4-14,22-23H,15-16H2,1-3H3. The van der Waals surface area contributed by atoms with Crippen LogP contribution >= 0.6 is 0 Å². The molecule has 1 N–H and O–H groups in total. The van der Waals surface area contributed by atoms with Gasteiger partial charge in [-0.15, -0.1) is 0 Å². The molecule has 0 amide bonds. The van der Waals surface area contributed by atoms with Gasteiger partial charge in [-0.2, -0.15) is 0 Å². The molecule has 3 nitrogen and oxygen atoms in total. The largest absolute Gasteiger partial charge is 0.497 e. The fraction of sp³-hybridized carbons (Fsp3) is 0.273. The van der Waals surface area contributed by atoms with E-state index in [9.17, 15) is 0 Å². The highest BCUT2D eigenvalue weighted by Gasteiger charge is 2.12. The maximum atomic E-state index is 5.30. The number of benzene rings is 3. The first-order valence-corrected chi connectivity index (χ1v) is 8.65. The Bertz CT molecular complexity index is 815. The molecule has 1 atom stereocenters. The third-order valence-electron chi connectivity index (χ3n) is 4.41. The lowest BCUT2D eigenvalue weighted by atomic mass is 10.0. The van der Waals surface area contributed by atoms with Gasteiger partial charge in [-0.05, 0) is 54.2 Å². The Morgan fingerprint density at radius 2 is 1.64 bits per heavy atom. The lowest BCUT2D eigenvalue weighted by Gasteiger charge is -2.23. The monoisotopic (exact) mass is 334 g/mol. The zero-order valence-corrected chi connectivity index (χ0v) is 15.2. The van der Waals surface area contributed by atoms with E-state index in [1.165, 1.54) is 21.9 Å². The molecule has 3 heteroatoms. The molecule has 0 saturated heterocycles. The van der Waals surface area contributed by atoms with Crippen LogP contribution in [0.1, 0.15) is 17.2 Å². The maximum absolute atomic E-state index is 5.30. The van der Waals surface area contributed by atoms with Gasteiger partial charge in [0.1, 0.15) is 5.75 Å². The molecule has 0 spiro atoms. The zero-order chi connectivity index (χ0) is 17.6. The Hall–Kier alpha value is -2.36. The number of hydrogen-bond acceptors (Lipinski definition) is 3. The summed E-state index contributed by atoms with van der Waals surface area (Å²) in [5.41, 5.74) is 2.61. The summed E-state index contributed by atoms with van der Waals surface area (Å²) in [5, 5.41) is 6.15. The molecule has 0 aromatic heterocycles. The lowest BCUT2D eigenvalue weighted by molar-refractivity contribution is 0.340. The molecule has 0 aliphatic carbocycles. The third kappa shape index (κ3) is 4.59. The van der Waals surface area contributed by atoms with Gasteiger partial charge in [0.15, 0.2) is 0 Å². The normalized spacial score (nSPS) is 12.5. The molecular weight excluding hydrogens is 308 g/mol. The van der Waals surface area contributed by atoms with Crippen LogP contribution < -0.4 is 10.1 Å².